The zero-order chi connectivity index (χ0) is 19.6. The van der Waals surface area contributed by atoms with Crippen LogP contribution in [-0.2, 0) is 4.79 Å². The van der Waals surface area contributed by atoms with Crippen LogP contribution in [0.25, 0.3) is 0 Å². The third-order valence-electron chi connectivity index (χ3n) is 4.38. The number of nitro benzene ring substituents is 1. The van der Waals surface area contributed by atoms with E-state index in [1.807, 2.05) is 12.3 Å². The number of primary amides is 1. The fraction of sp³-hybridized carbons (Fsp3) is 0.353. The SMILES string of the molecule is Cc1csc(Sc2ccc(C(=O)N3CCC(C(N)=O)CC3)cc2[N+](=O)[O-])n1. The lowest BCUT2D eigenvalue weighted by atomic mass is 9.96. The van der Waals surface area contributed by atoms with Crippen LogP contribution in [0, 0.1) is 23.0 Å². The number of amides is 2. The van der Waals surface area contributed by atoms with E-state index in [2.05, 4.69) is 4.98 Å². The van der Waals surface area contributed by atoms with Crippen LogP contribution in [0.1, 0.15) is 28.9 Å². The van der Waals surface area contributed by atoms with E-state index in [0.29, 0.717) is 35.2 Å². The number of nitrogens with zero attached hydrogens (tertiary/aromatic N) is 3. The molecule has 0 atom stereocenters. The van der Waals surface area contributed by atoms with E-state index < -0.39 is 4.92 Å². The molecule has 2 amide bonds. The third-order valence-corrected chi connectivity index (χ3v) is 6.50. The number of carbonyl (C=O) groups excluding carboxylic acids is 2. The highest BCUT2D eigenvalue weighted by Gasteiger charge is 2.28. The zero-order valence-electron chi connectivity index (χ0n) is 14.6. The molecular weight excluding hydrogens is 388 g/mol. The van der Waals surface area contributed by atoms with E-state index in [0.717, 1.165) is 5.69 Å². The molecule has 1 aliphatic rings. The van der Waals surface area contributed by atoms with Gasteiger partial charge in [0, 0.05) is 41.7 Å². The number of aromatic nitrogens is 1. The van der Waals surface area contributed by atoms with Gasteiger partial charge in [-0.1, -0.05) is 11.8 Å². The second kappa shape index (κ2) is 8.05. The van der Waals surface area contributed by atoms with Crippen molar-refractivity contribution in [3.8, 4) is 0 Å². The first-order chi connectivity index (χ1) is 12.8. The molecule has 8 nitrogen and oxygen atoms in total. The van der Waals surface area contributed by atoms with Gasteiger partial charge >= 0.3 is 0 Å². The number of carbonyl (C=O) groups is 2. The van der Waals surface area contributed by atoms with Crippen molar-refractivity contribution in [2.24, 2.45) is 11.7 Å². The summed E-state index contributed by atoms with van der Waals surface area (Å²) in [6.07, 6.45) is 1.03. The topological polar surface area (TPSA) is 119 Å². The van der Waals surface area contributed by atoms with Crippen molar-refractivity contribution in [2.45, 2.75) is 29.0 Å². The number of likely N-dealkylation sites (tertiary alicyclic amines) is 1. The van der Waals surface area contributed by atoms with Crippen molar-refractivity contribution in [3.05, 3.63) is 45.0 Å². The van der Waals surface area contributed by atoms with Gasteiger partial charge in [0.05, 0.1) is 9.82 Å². The average Bonchev–Trinajstić information content (AvgIpc) is 3.06. The summed E-state index contributed by atoms with van der Waals surface area (Å²) in [5.74, 6) is -0.844. The van der Waals surface area contributed by atoms with Gasteiger partial charge in [-0.15, -0.1) is 11.3 Å². The van der Waals surface area contributed by atoms with Gasteiger partial charge < -0.3 is 10.6 Å². The van der Waals surface area contributed by atoms with Crippen LogP contribution in [0.2, 0.25) is 0 Å². The Hall–Kier alpha value is -2.46. The lowest BCUT2D eigenvalue weighted by Crippen LogP contribution is -2.41. The summed E-state index contributed by atoms with van der Waals surface area (Å²) in [5, 5.41) is 13.4. The number of hydrogen-bond acceptors (Lipinski definition) is 7. The summed E-state index contributed by atoms with van der Waals surface area (Å²) in [5.41, 5.74) is 6.31. The van der Waals surface area contributed by atoms with Crippen LogP contribution in [0.5, 0.6) is 0 Å². The molecule has 1 saturated heterocycles. The Morgan fingerprint density at radius 1 is 1.37 bits per heavy atom. The lowest BCUT2D eigenvalue weighted by molar-refractivity contribution is -0.387. The molecule has 1 fully saturated rings. The summed E-state index contributed by atoms with van der Waals surface area (Å²) in [6, 6.07) is 4.49. The van der Waals surface area contributed by atoms with Gasteiger partial charge in [-0.2, -0.15) is 0 Å². The van der Waals surface area contributed by atoms with Crippen molar-refractivity contribution in [1.29, 1.82) is 0 Å². The van der Waals surface area contributed by atoms with Crippen molar-refractivity contribution >= 4 is 40.6 Å². The predicted molar refractivity (Wildman–Crippen MR) is 102 cm³/mol. The van der Waals surface area contributed by atoms with E-state index in [1.165, 1.54) is 29.2 Å². The van der Waals surface area contributed by atoms with E-state index in [9.17, 15) is 19.7 Å². The molecule has 2 aromatic rings. The first-order valence-electron chi connectivity index (χ1n) is 8.32. The summed E-state index contributed by atoms with van der Waals surface area (Å²) in [6.45, 7) is 2.68. The van der Waals surface area contributed by atoms with Gasteiger partial charge in [0.15, 0.2) is 4.34 Å². The number of benzene rings is 1. The van der Waals surface area contributed by atoms with Gasteiger partial charge in [0.25, 0.3) is 11.6 Å². The minimum absolute atomic E-state index is 0.120. The Kier molecular flexibility index (Phi) is 5.76. The molecule has 27 heavy (non-hydrogen) atoms. The van der Waals surface area contributed by atoms with Gasteiger partial charge in [-0.3, -0.25) is 19.7 Å². The molecule has 3 rings (SSSR count). The van der Waals surface area contributed by atoms with Crippen molar-refractivity contribution in [3.63, 3.8) is 0 Å². The standard InChI is InChI=1S/C17H18N4O4S2/c1-10-9-26-17(19-10)27-14-3-2-12(8-13(14)21(24)25)16(23)20-6-4-11(5-7-20)15(18)22/h2-3,8-9,11H,4-7H2,1H3,(H2,18,22). The predicted octanol–water partition coefficient (Wildman–Crippen LogP) is 2.85. The van der Waals surface area contributed by atoms with E-state index in [-0.39, 0.29) is 29.0 Å². The fourth-order valence-electron chi connectivity index (χ4n) is 2.90. The molecule has 0 spiro atoms. The number of thiazole rings is 1. The van der Waals surface area contributed by atoms with Crippen LogP contribution in [0.15, 0.2) is 32.8 Å². The quantitative estimate of drug-likeness (QED) is 0.602. The van der Waals surface area contributed by atoms with Crippen LogP contribution in [-0.4, -0.2) is 39.7 Å². The number of nitrogens with two attached hydrogens (primary N) is 1. The molecular formula is C17H18N4O4S2. The van der Waals surface area contributed by atoms with Gasteiger partial charge in [0.2, 0.25) is 5.91 Å². The maximum absolute atomic E-state index is 12.7. The molecule has 142 valence electrons. The van der Waals surface area contributed by atoms with Crippen LogP contribution in [0.3, 0.4) is 0 Å². The minimum atomic E-state index is -0.487. The Labute approximate surface area is 163 Å². The average molecular weight is 406 g/mol. The Bertz CT molecular complexity index is 891. The summed E-state index contributed by atoms with van der Waals surface area (Å²) >= 11 is 2.63. The molecule has 0 unspecified atom stereocenters. The van der Waals surface area contributed by atoms with Crippen LogP contribution in [0.4, 0.5) is 5.69 Å². The second-order valence-corrected chi connectivity index (χ2v) is 8.41. The van der Waals surface area contributed by atoms with E-state index >= 15 is 0 Å². The number of piperidine rings is 1. The second-order valence-electron chi connectivity index (χ2n) is 6.27. The maximum Gasteiger partial charge on any atom is 0.284 e. The highest BCUT2D eigenvalue weighted by molar-refractivity contribution is 8.01. The monoisotopic (exact) mass is 406 g/mol. The number of nitro groups is 1. The molecule has 1 aliphatic heterocycles. The molecule has 0 saturated carbocycles. The minimum Gasteiger partial charge on any atom is -0.369 e. The summed E-state index contributed by atoms with van der Waals surface area (Å²) < 4.78 is 0.711. The summed E-state index contributed by atoms with van der Waals surface area (Å²) in [7, 11) is 0. The van der Waals surface area contributed by atoms with Crippen LogP contribution >= 0.6 is 23.1 Å². The Morgan fingerprint density at radius 3 is 2.63 bits per heavy atom. The fourth-order valence-corrected chi connectivity index (χ4v) is 4.78. The zero-order valence-corrected chi connectivity index (χ0v) is 16.2. The van der Waals surface area contributed by atoms with Crippen molar-refractivity contribution in [2.75, 3.05) is 13.1 Å². The molecule has 1 aromatic heterocycles. The largest absolute Gasteiger partial charge is 0.369 e. The highest BCUT2D eigenvalue weighted by Crippen LogP contribution is 2.37. The highest BCUT2D eigenvalue weighted by atomic mass is 32.2. The lowest BCUT2D eigenvalue weighted by Gasteiger charge is -2.30. The first-order valence-corrected chi connectivity index (χ1v) is 10.0. The Balaban J connectivity index is 1.78. The van der Waals surface area contributed by atoms with Crippen molar-refractivity contribution in [1.82, 2.24) is 9.88 Å². The van der Waals surface area contributed by atoms with E-state index in [1.54, 1.807) is 17.0 Å². The van der Waals surface area contributed by atoms with E-state index in [4.69, 9.17) is 5.73 Å². The molecule has 2 heterocycles. The van der Waals surface area contributed by atoms with Gasteiger partial charge in [0.1, 0.15) is 0 Å². The number of rotatable bonds is 5. The molecule has 10 heteroatoms. The maximum atomic E-state index is 12.7. The summed E-state index contributed by atoms with van der Waals surface area (Å²) in [4.78, 5) is 41.3. The Morgan fingerprint density at radius 2 is 2.07 bits per heavy atom. The third kappa shape index (κ3) is 4.45. The molecule has 0 bridgehead atoms. The first kappa shape index (κ1) is 19.3. The van der Waals surface area contributed by atoms with Crippen molar-refractivity contribution < 1.29 is 14.5 Å². The molecule has 1 aromatic carbocycles. The normalized spacial score (nSPS) is 14.9. The molecule has 0 aliphatic carbocycles. The van der Waals surface area contributed by atoms with Gasteiger partial charge in [-0.25, -0.2) is 4.98 Å². The number of hydrogen-bond donors (Lipinski definition) is 1. The molecule has 0 radical (unpaired) electrons. The molecule has 2 N–H and O–H groups in total. The van der Waals surface area contributed by atoms with Gasteiger partial charge in [-0.05, 0) is 31.9 Å². The smallest absolute Gasteiger partial charge is 0.284 e. The van der Waals surface area contributed by atoms with Crippen LogP contribution < -0.4 is 5.73 Å². The number of aryl methyl sites for hydroxylation is 1.